The van der Waals surface area contributed by atoms with Crippen LogP contribution in [0.5, 0.6) is 0 Å². The maximum Gasteiger partial charge on any atom is 0.125 e. The number of fused-ring (bicyclic) bond motifs is 1. The van der Waals surface area contributed by atoms with Gasteiger partial charge < -0.3 is 0 Å². The third kappa shape index (κ3) is 2.42. The summed E-state index contributed by atoms with van der Waals surface area (Å²) in [5.74, 6) is 0.466. The van der Waals surface area contributed by atoms with Crippen molar-refractivity contribution in [2.24, 2.45) is 0 Å². The van der Waals surface area contributed by atoms with Crippen molar-refractivity contribution in [3.8, 4) is 0 Å². The Morgan fingerprint density at radius 3 is 2.65 bits per heavy atom. The van der Waals surface area contributed by atoms with Crippen LogP contribution in [0.3, 0.4) is 0 Å². The lowest BCUT2D eigenvalue weighted by Crippen LogP contribution is -2.47. The molecule has 0 bridgehead atoms. The van der Waals surface area contributed by atoms with Crippen molar-refractivity contribution in [3.63, 3.8) is 0 Å². The molecule has 1 aliphatic heterocycles. The van der Waals surface area contributed by atoms with Gasteiger partial charge in [0.2, 0.25) is 0 Å². The maximum atomic E-state index is 12.9. The monoisotopic (exact) mass is 272 g/mol. The molecular formula is C17H21FN2. The van der Waals surface area contributed by atoms with E-state index >= 15 is 0 Å². The fraction of sp³-hybridized carbons (Fsp3) is 0.471. The summed E-state index contributed by atoms with van der Waals surface area (Å²) >= 11 is 0. The predicted octanol–water partition coefficient (Wildman–Crippen LogP) is 3.90. The maximum absolute atomic E-state index is 12.9. The summed E-state index contributed by atoms with van der Waals surface area (Å²) in [5, 5.41) is 2.51. The molecule has 0 spiro atoms. The van der Waals surface area contributed by atoms with Crippen molar-refractivity contribution in [2.75, 3.05) is 13.1 Å². The number of aromatic nitrogens is 1. The third-order valence-electron chi connectivity index (χ3n) is 4.29. The summed E-state index contributed by atoms with van der Waals surface area (Å²) in [6.45, 7) is 6.33. The number of hydrogen-bond acceptors (Lipinski definition) is 2. The molecule has 1 fully saturated rings. The van der Waals surface area contributed by atoms with Crippen molar-refractivity contribution in [2.45, 2.75) is 38.9 Å². The Bertz CT molecular complexity index is 605. The second-order valence-electron chi connectivity index (χ2n) is 5.81. The zero-order chi connectivity index (χ0) is 14.1. The molecule has 106 valence electrons. The zero-order valence-corrected chi connectivity index (χ0v) is 12.1. The molecule has 1 saturated heterocycles. The molecule has 3 heteroatoms. The Morgan fingerprint density at radius 1 is 1.30 bits per heavy atom. The topological polar surface area (TPSA) is 16.1 Å². The molecule has 2 heterocycles. The van der Waals surface area contributed by atoms with Crippen LogP contribution in [-0.2, 0) is 6.54 Å². The minimum absolute atomic E-state index is 0.466. The van der Waals surface area contributed by atoms with Crippen LogP contribution in [0.1, 0.15) is 37.4 Å². The van der Waals surface area contributed by atoms with E-state index < -0.39 is 6.17 Å². The Hall–Kier alpha value is -1.48. The Labute approximate surface area is 119 Å². The van der Waals surface area contributed by atoms with E-state index in [-0.39, 0.29) is 0 Å². The van der Waals surface area contributed by atoms with Crippen molar-refractivity contribution >= 4 is 10.8 Å². The van der Waals surface area contributed by atoms with Crippen LogP contribution in [0, 0.1) is 0 Å². The molecule has 2 nitrogen and oxygen atoms in total. The molecule has 0 aliphatic carbocycles. The summed E-state index contributed by atoms with van der Waals surface area (Å²) in [6, 6.07) is 8.45. The number of hydrogen-bond donors (Lipinski definition) is 0. The highest BCUT2D eigenvalue weighted by Gasteiger charge is 2.26. The van der Waals surface area contributed by atoms with E-state index in [4.69, 9.17) is 0 Å². The molecular weight excluding hydrogens is 251 g/mol. The highest BCUT2D eigenvalue weighted by atomic mass is 19.1. The second kappa shape index (κ2) is 5.49. The fourth-order valence-electron chi connectivity index (χ4n) is 2.86. The first-order valence-corrected chi connectivity index (χ1v) is 7.42. The van der Waals surface area contributed by atoms with E-state index in [1.54, 1.807) is 0 Å². The van der Waals surface area contributed by atoms with Gasteiger partial charge in [0.15, 0.2) is 0 Å². The number of halogens is 1. The van der Waals surface area contributed by atoms with Gasteiger partial charge in [0.05, 0.1) is 5.69 Å². The van der Waals surface area contributed by atoms with Crippen molar-refractivity contribution < 1.29 is 4.39 Å². The van der Waals surface area contributed by atoms with Crippen molar-refractivity contribution in [1.29, 1.82) is 0 Å². The van der Waals surface area contributed by atoms with Gasteiger partial charge >= 0.3 is 0 Å². The molecule has 1 unspecified atom stereocenters. The quantitative estimate of drug-likeness (QED) is 0.839. The molecule has 2 aromatic rings. The average Bonchev–Trinajstić information content (AvgIpc) is 2.45. The van der Waals surface area contributed by atoms with Crippen LogP contribution in [0.2, 0.25) is 0 Å². The van der Waals surface area contributed by atoms with E-state index in [0.29, 0.717) is 19.0 Å². The van der Waals surface area contributed by atoms with Crippen LogP contribution in [0.4, 0.5) is 4.39 Å². The summed E-state index contributed by atoms with van der Waals surface area (Å²) in [5.41, 5.74) is 2.39. The first-order chi connectivity index (χ1) is 9.69. The Balaban J connectivity index is 1.98. The fourth-order valence-corrected chi connectivity index (χ4v) is 2.86. The van der Waals surface area contributed by atoms with Gasteiger partial charge in [-0.1, -0.05) is 38.1 Å². The Kier molecular flexibility index (Phi) is 3.70. The van der Waals surface area contributed by atoms with Crippen LogP contribution in [-0.4, -0.2) is 29.1 Å². The number of nitrogens with zero attached hydrogens (tertiary/aromatic N) is 2. The molecule has 0 N–H and O–H groups in total. The van der Waals surface area contributed by atoms with E-state index in [2.05, 4.69) is 48.0 Å². The van der Waals surface area contributed by atoms with Crippen LogP contribution in [0.15, 0.2) is 30.5 Å². The van der Waals surface area contributed by atoms with Crippen molar-refractivity contribution in [3.05, 3.63) is 41.7 Å². The van der Waals surface area contributed by atoms with Crippen molar-refractivity contribution in [1.82, 2.24) is 9.88 Å². The lowest BCUT2D eigenvalue weighted by atomic mass is 9.96. The van der Waals surface area contributed by atoms with Gasteiger partial charge in [-0.05, 0) is 23.3 Å². The van der Waals surface area contributed by atoms with E-state index in [1.165, 1.54) is 22.0 Å². The molecule has 0 saturated carbocycles. The minimum atomic E-state index is -0.645. The first kappa shape index (κ1) is 13.5. The molecule has 3 rings (SSSR count). The molecule has 1 aromatic carbocycles. The lowest BCUT2D eigenvalue weighted by molar-refractivity contribution is 0.0594. The first-order valence-electron chi connectivity index (χ1n) is 7.42. The lowest BCUT2D eigenvalue weighted by Gasteiger charge is -2.34. The summed E-state index contributed by atoms with van der Waals surface area (Å²) in [7, 11) is 0. The minimum Gasteiger partial charge on any atom is -0.293 e. The Morgan fingerprint density at radius 2 is 2.00 bits per heavy atom. The number of alkyl halides is 1. The summed E-state index contributed by atoms with van der Waals surface area (Å²) in [6.07, 6.45) is 2.43. The van der Waals surface area contributed by atoms with E-state index in [1.807, 2.05) is 6.20 Å². The van der Waals surface area contributed by atoms with Crippen LogP contribution < -0.4 is 0 Å². The molecule has 1 atom stereocenters. The van der Waals surface area contributed by atoms with Gasteiger partial charge in [-0.25, -0.2) is 4.39 Å². The van der Waals surface area contributed by atoms with E-state index in [0.717, 1.165) is 13.0 Å². The van der Waals surface area contributed by atoms with Gasteiger partial charge in [-0.15, -0.1) is 0 Å². The zero-order valence-electron chi connectivity index (χ0n) is 12.1. The number of rotatable bonds is 4. The molecule has 1 aromatic heterocycles. The van der Waals surface area contributed by atoms with Gasteiger partial charge in [0.1, 0.15) is 6.17 Å². The van der Waals surface area contributed by atoms with E-state index in [9.17, 15) is 4.39 Å². The van der Waals surface area contributed by atoms with Crippen LogP contribution in [0.25, 0.3) is 10.8 Å². The third-order valence-corrected chi connectivity index (χ3v) is 4.29. The van der Waals surface area contributed by atoms with Gasteiger partial charge in [-0.3, -0.25) is 9.88 Å². The molecule has 1 aliphatic rings. The number of benzene rings is 1. The normalized spacial score (nSPS) is 18.1. The highest BCUT2D eigenvalue weighted by Crippen LogP contribution is 2.29. The average molecular weight is 272 g/mol. The highest BCUT2D eigenvalue weighted by molar-refractivity contribution is 5.87. The molecule has 0 radical (unpaired) electrons. The van der Waals surface area contributed by atoms with Gasteiger partial charge in [0, 0.05) is 31.2 Å². The molecule has 0 amide bonds. The largest absolute Gasteiger partial charge is 0.293 e. The number of likely N-dealkylation sites (tertiary alicyclic amines) is 1. The van der Waals surface area contributed by atoms with Gasteiger partial charge in [0.25, 0.3) is 0 Å². The van der Waals surface area contributed by atoms with Crippen LogP contribution >= 0.6 is 0 Å². The SMILES string of the molecule is CCC(C)c1ncc(CN2CC(F)C2)c2ccccc12. The predicted molar refractivity (Wildman–Crippen MR) is 80.6 cm³/mol. The standard InChI is InChI=1S/C17H21FN2/c1-3-12(2)17-16-7-5-4-6-15(16)13(8-19-17)9-20-10-14(18)11-20/h4-8,12,14H,3,9-11H2,1-2H3. The molecule has 20 heavy (non-hydrogen) atoms. The second-order valence-corrected chi connectivity index (χ2v) is 5.81. The summed E-state index contributed by atoms with van der Waals surface area (Å²) < 4.78 is 12.9. The smallest absolute Gasteiger partial charge is 0.125 e. The summed E-state index contributed by atoms with van der Waals surface area (Å²) in [4.78, 5) is 6.82. The number of pyridine rings is 1. The van der Waals surface area contributed by atoms with Gasteiger partial charge in [-0.2, -0.15) is 0 Å².